The summed E-state index contributed by atoms with van der Waals surface area (Å²) in [5, 5.41) is 9.00. The molecular weight excluding hydrogens is 207 g/mol. The van der Waals surface area contributed by atoms with Crippen LogP contribution in [0.5, 0.6) is 0 Å². The number of anilines is 1. The fourth-order valence-electron chi connectivity index (χ4n) is 1.68. The van der Waals surface area contributed by atoms with E-state index in [1.165, 1.54) is 6.07 Å². The zero-order chi connectivity index (χ0) is 12.0. The molecule has 0 spiro atoms. The highest BCUT2D eigenvalue weighted by atomic mass is 19.1. The average molecular weight is 226 g/mol. The lowest BCUT2D eigenvalue weighted by molar-refractivity contribution is 0.275. The van der Waals surface area contributed by atoms with Crippen LogP contribution in [-0.2, 0) is 6.61 Å². The molecule has 0 aliphatic heterocycles. The fourth-order valence-corrected chi connectivity index (χ4v) is 1.68. The minimum atomic E-state index is -0.396. The molecule has 4 heteroatoms. The Morgan fingerprint density at radius 1 is 1.31 bits per heavy atom. The highest BCUT2D eigenvalue weighted by Crippen LogP contribution is 2.19. The van der Waals surface area contributed by atoms with Crippen molar-refractivity contribution in [2.75, 3.05) is 18.0 Å². The molecule has 0 aromatic carbocycles. The zero-order valence-corrected chi connectivity index (χ0v) is 9.91. The van der Waals surface area contributed by atoms with Crippen molar-refractivity contribution in [3.63, 3.8) is 0 Å². The van der Waals surface area contributed by atoms with Gasteiger partial charge in [-0.2, -0.15) is 0 Å². The maximum absolute atomic E-state index is 13.9. The second-order valence-corrected chi connectivity index (χ2v) is 3.75. The molecular formula is C12H19FN2O. The molecule has 0 bridgehead atoms. The molecule has 0 unspecified atom stereocenters. The smallest absolute Gasteiger partial charge is 0.171 e. The van der Waals surface area contributed by atoms with Gasteiger partial charge in [0.1, 0.15) is 0 Å². The second-order valence-electron chi connectivity index (χ2n) is 3.75. The highest BCUT2D eigenvalue weighted by Gasteiger charge is 2.14. The number of aromatic nitrogens is 1. The zero-order valence-electron chi connectivity index (χ0n) is 9.91. The van der Waals surface area contributed by atoms with Gasteiger partial charge in [-0.05, 0) is 18.9 Å². The first-order valence-corrected chi connectivity index (χ1v) is 5.73. The summed E-state index contributed by atoms with van der Waals surface area (Å²) in [6.07, 6.45) is 3.44. The van der Waals surface area contributed by atoms with E-state index >= 15 is 0 Å². The summed E-state index contributed by atoms with van der Waals surface area (Å²) < 4.78 is 13.9. The molecule has 1 aromatic heterocycles. The number of nitrogens with zero attached hydrogens (tertiary/aromatic N) is 2. The van der Waals surface area contributed by atoms with Gasteiger partial charge in [0.05, 0.1) is 6.61 Å². The Bertz CT molecular complexity index is 325. The van der Waals surface area contributed by atoms with Crippen LogP contribution in [0.25, 0.3) is 0 Å². The van der Waals surface area contributed by atoms with Gasteiger partial charge >= 0.3 is 0 Å². The summed E-state index contributed by atoms with van der Waals surface area (Å²) in [6, 6.07) is 1.51. The number of hydrogen-bond donors (Lipinski definition) is 1. The fraction of sp³-hybridized carbons (Fsp3) is 0.583. The van der Waals surface area contributed by atoms with Gasteiger partial charge in [0.15, 0.2) is 11.6 Å². The van der Waals surface area contributed by atoms with Gasteiger partial charge in [-0.15, -0.1) is 0 Å². The number of halogens is 1. The number of aliphatic hydroxyl groups excluding tert-OH is 1. The number of pyridine rings is 1. The predicted molar refractivity (Wildman–Crippen MR) is 62.9 cm³/mol. The lowest BCUT2D eigenvalue weighted by Crippen LogP contribution is -2.27. The van der Waals surface area contributed by atoms with Crippen molar-refractivity contribution in [2.45, 2.75) is 33.3 Å². The van der Waals surface area contributed by atoms with E-state index in [1.807, 2.05) is 4.90 Å². The molecule has 0 radical (unpaired) electrons. The first kappa shape index (κ1) is 12.9. The lowest BCUT2D eigenvalue weighted by atomic mass is 10.2. The van der Waals surface area contributed by atoms with Crippen molar-refractivity contribution in [2.24, 2.45) is 0 Å². The lowest BCUT2D eigenvalue weighted by Gasteiger charge is -2.23. The molecule has 0 atom stereocenters. The van der Waals surface area contributed by atoms with E-state index < -0.39 is 5.82 Å². The molecule has 16 heavy (non-hydrogen) atoms. The van der Waals surface area contributed by atoms with Crippen LogP contribution >= 0.6 is 0 Å². The van der Waals surface area contributed by atoms with Crippen molar-refractivity contribution >= 4 is 5.82 Å². The monoisotopic (exact) mass is 226 g/mol. The van der Waals surface area contributed by atoms with Crippen molar-refractivity contribution in [1.82, 2.24) is 4.98 Å². The Kier molecular flexibility index (Phi) is 5.19. The van der Waals surface area contributed by atoms with Crippen LogP contribution in [0.1, 0.15) is 32.3 Å². The molecule has 1 heterocycles. The maximum atomic E-state index is 13.9. The van der Waals surface area contributed by atoms with Crippen LogP contribution in [0.2, 0.25) is 0 Å². The Hall–Kier alpha value is -1.16. The Labute approximate surface area is 95.9 Å². The normalized spacial score (nSPS) is 10.5. The third kappa shape index (κ3) is 2.92. The molecule has 0 saturated carbocycles. The molecule has 0 amide bonds. The van der Waals surface area contributed by atoms with Gasteiger partial charge in [-0.25, -0.2) is 9.37 Å². The van der Waals surface area contributed by atoms with E-state index in [0.717, 1.165) is 25.9 Å². The van der Waals surface area contributed by atoms with E-state index in [2.05, 4.69) is 18.8 Å². The van der Waals surface area contributed by atoms with Gasteiger partial charge in [0, 0.05) is 24.8 Å². The van der Waals surface area contributed by atoms with Crippen LogP contribution in [0.3, 0.4) is 0 Å². The summed E-state index contributed by atoms with van der Waals surface area (Å²) in [5.74, 6) is -0.0397. The van der Waals surface area contributed by atoms with E-state index in [0.29, 0.717) is 11.4 Å². The van der Waals surface area contributed by atoms with E-state index in [1.54, 1.807) is 6.20 Å². The van der Waals surface area contributed by atoms with Gasteiger partial charge in [0.25, 0.3) is 0 Å². The predicted octanol–water partition coefficient (Wildman–Crippen LogP) is 2.34. The van der Waals surface area contributed by atoms with Crippen molar-refractivity contribution in [3.8, 4) is 0 Å². The number of aliphatic hydroxyl groups is 1. The van der Waals surface area contributed by atoms with Gasteiger partial charge < -0.3 is 10.0 Å². The Morgan fingerprint density at radius 3 is 2.44 bits per heavy atom. The highest BCUT2D eigenvalue weighted by molar-refractivity contribution is 5.42. The van der Waals surface area contributed by atoms with Crippen LogP contribution in [-0.4, -0.2) is 23.2 Å². The van der Waals surface area contributed by atoms with E-state index in [4.69, 9.17) is 5.11 Å². The van der Waals surface area contributed by atoms with Crippen molar-refractivity contribution in [3.05, 3.63) is 23.6 Å². The van der Waals surface area contributed by atoms with Crippen molar-refractivity contribution < 1.29 is 9.50 Å². The van der Waals surface area contributed by atoms with Gasteiger partial charge in [0.2, 0.25) is 0 Å². The molecule has 1 aromatic rings. The van der Waals surface area contributed by atoms with Crippen LogP contribution in [0.4, 0.5) is 10.2 Å². The molecule has 3 nitrogen and oxygen atoms in total. The molecule has 0 aliphatic rings. The quantitative estimate of drug-likeness (QED) is 0.808. The minimum Gasteiger partial charge on any atom is -0.392 e. The Balaban J connectivity index is 2.98. The number of rotatable bonds is 6. The third-order valence-corrected chi connectivity index (χ3v) is 2.41. The summed E-state index contributed by atoms with van der Waals surface area (Å²) in [5.41, 5.74) is 0.308. The summed E-state index contributed by atoms with van der Waals surface area (Å²) in [6.45, 7) is 5.39. The first-order chi connectivity index (χ1) is 7.74. The van der Waals surface area contributed by atoms with Gasteiger partial charge in [-0.1, -0.05) is 13.8 Å². The van der Waals surface area contributed by atoms with Gasteiger partial charge in [-0.3, -0.25) is 0 Å². The standard InChI is InChI=1S/C12H19FN2O/c1-3-7-15(8-4-2)12-11(13)10(9-16)5-6-14-12/h5-6,16H,3-4,7-9H2,1-2H3. The minimum absolute atomic E-state index is 0.284. The summed E-state index contributed by atoms with van der Waals surface area (Å²) >= 11 is 0. The number of hydrogen-bond acceptors (Lipinski definition) is 3. The summed E-state index contributed by atoms with van der Waals surface area (Å²) in [7, 11) is 0. The maximum Gasteiger partial charge on any atom is 0.171 e. The average Bonchev–Trinajstić information content (AvgIpc) is 2.29. The third-order valence-electron chi connectivity index (χ3n) is 2.41. The molecule has 0 aliphatic carbocycles. The molecule has 1 rings (SSSR count). The first-order valence-electron chi connectivity index (χ1n) is 5.73. The summed E-state index contributed by atoms with van der Waals surface area (Å²) in [4.78, 5) is 5.99. The van der Waals surface area contributed by atoms with Crippen LogP contribution < -0.4 is 4.90 Å². The van der Waals surface area contributed by atoms with Crippen LogP contribution in [0.15, 0.2) is 12.3 Å². The van der Waals surface area contributed by atoms with Crippen LogP contribution in [0, 0.1) is 5.82 Å². The van der Waals surface area contributed by atoms with Crippen molar-refractivity contribution in [1.29, 1.82) is 0 Å². The molecule has 1 N–H and O–H groups in total. The molecule has 0 saturated heterocycles. The largest absolute Gasteiger partial charge is 0.392 e. The van der Waals surface area contributed by atoms with E-state index in [-0.39, 0.29) is 6.61 Å². The Morgan fingerprint density at radius 2 is 1.94 bits per heavy atom. The topological polar surface area (TPSA) is 36.4 Å². The SMILES string of the molecule is CCCN(CCC)c1nccc(CO)c1F. The second kappa shape index (κ2) is 6.43. The molecule has 90 valence electrons. The van der Waals surface area contributed by atoms with E-state index in [9.17, 15) is 4.39 Å². The molecule has 0 fully saturated rings.